The molecule has 0 aliphatic carbocycles. The van der Waals surface area contributed by atoms with Crippen molar-refractivity contribution >= 4 is 10.8 Å². The maximum atomic E-state index is 12.1. The van der Waals surface area contributed by atoms with Crippen LogP contribution in [0.15, 0.2) is 53.4 Å². The zero-order valence-electron chi connectivity index (χ0n) is 11.4. The molecule has 0 aliphatic rings. The predicted octanol–water partition coefficient (Wildman–Crippen LogP) is 0.325. The molecule has 0 radical (unpaired) electrons. The molecule has 2 rings (SSSR count). The summed E-state index contributed by atoms with van der Waals surface area (Å²) in [5, 5.41) is 0. The molecule has 0 bridgehead atoms. The second kappa shape index (κ2) is 7.45. The smallest absolute Gasteiger partial charge is 0.499 e. The summed E-state index contributed by atoms with van der Waals surface area (Å²) in [6, 6.07) is 15.2. The molecule has 0 amide bonds. The molecule has 2 aromatic rings. The van der Waals surface area contributed by atoms with Gasteiger partial charge in [-0.15, -0.1) is 0 Å². The summed E-state index contributed by atoms with van der Waals surface area (Å²) in [5.41, 5.74) is 2.09. The van der Waals surface area contributed by atoms with Crippen LogP contribution >= 0.6 is 0 Å². The van der Waals surface area contributed by atoms with Gasteiger partial charge in [-0.05, 0) is 19.1 Å². The summed E-state index contributed by atoms with van der Waals surface area (Å²) in [7, 11) is 0.511. The predicted molar refractivity (Wildman–Crippen MR) is 74.0 cm³/mol. The van der Waals surface area contributed by atoms with Crippen molar-refractivity contribution in [2.45, 2.75) is 11.8 Å². The minimum absolute atomic E-state index is 0. The van der Waals surface area contributed by atoms with Crippen LogP contribution in [-0.4, -0.2) is 11.3 Å². The zero-order chi connectivity index (χ0) is 13.0. The van der Waals surface area contributed by atoms with Crippen LogP contribution in [0.5, 0.6) is 5.75 Å². The minimum Gasteiger partial charge on any atom is -0.499 e. The fourth-order valence-electron chi connectivity index (χ4n) is 1.55. The minimum atomic E-state index is -1.12. The van der Waals surface area contributed by atoms with E-state index in [-0.39, 0.29) is 18.9 Å². The van der Waals surface area contributed by atoms with Crippen molar-refractivity contribution in [2.75, 3.05) is 7.11 Å². The maximum Gasteiger partial charge on any atom is 1.00 e. The van der Waals surface area contributed by atoms with Crippen LogP contribution in [0.1, 0.15) is 11.1 Å². The summed E-state index contributed by atoms with van der Waals surface area (Å²) in [6.07, 6.45) is 0. The Hall–Kier alpha value is -1.14. The van der Waals surface area contributed by atoms with Crippen molar-refractivity contribution < 1.29 is 27.8 Å². The molecule has 94 valence electrons. The third kappa shape index (κ3) is 4.47. The normalized spacial score (nSPS) is 11.3. The molecule has 2 nitrogen and oxygen atoms in total. The molecule has 0 spiro atoms. The standard InChI is InChI=1S/C15H15O2S.Li/c1-12-3-9-15(10-4-12)18(16)11-13-5-7-14(17-2)8-6-13;/h3-11H,1-2H3;/q-1;+1. The van der Waals surface area contributed by atoms with Crippen molar-refractivity contribution in [3.63, 3.8) is 0 Å². The Labute approximate surface area is 128 Å². The molecular formula is C15H15LiO2S. The monoisotopic (exact) mass is 266 g/mol. The van der Waals surface area contributed by atoms with E-state index >= 15 is 0 Å². The van der Waals surface area contributed by atoms with Gasteiger partial charge < -0.3 is 4.74 Å². The molecule has 2 aromatic carbocycles. The molecule has 0 fully saturated rings. The Morgan fingerprint density at radius 3 is 2.11 bits per heavy atom. The van der Waals surface area contributed by atoms with Crippen LogP contribution in [0.3, 0.4) is 0 Å². The van der Waals surface area contributed by atoms with E-state index in [1.807, 2.05) is 55.5 Å². The first-order valence-corrected chi connectivity index (χ1v) is 6.86. The molecule has 1 atom stereocenters. The van der Waals surface area contributed by atoms with Gasteiger partial charge in [0, 0.05) is 15.7 Å². The summed E-state index contributed by atoms with van der Waals surface area (Å²) in [5.74, 6) is 2.54. The summed E-state index contributed by atoms with van der Waals surface area (Å²) < 4.78 is 17.2. The van der Waals surface area contributed by atoms with Gasteiger partial charge in [0.25, 0.3) is 0 Å². The topological polar surface area (TPSA) is 26.3 Å². The zero-order valence-corrected chi connectivity index (χ0v) is 12.2. The maximum absolute atomic E-state index is 12.1. The first-order valence-electron chi connectivity index (χ1n) is 5.65. The van der Waals surface area contributed by atoms with E-state index in [0.29, 0.717) is 0 Å². The van der Waals surface area contributed by atoms with Crippen molar-refractivity contribution in [3.8, 4) is 5.75 Å². The van der Waals surface area contributed by atoms with Crippen LogP contribution in [0, 0.1) is 12.7 Å². The number of rotatable bonds is 4. The SMILES string of the molecule is COc1ccc([CH-]S(=O)c2ccc(C)cc2)cc1.[Li+]. The second-order valence-electron chi connectivity index (χ2n) is 4.00. The molecule has 4 heteroatoms. The Morgan fingerprint density at radius 1 is 1.00 bits per heavy atom. The third-order valence-electron chi connectivity index (χ3n) is 2.61. The molecular weight excluding hydrogens is 251 g/mol. The Balaban J connectivity index is 0.00000180. The first kappa shape index (κ1) is 15.9. The van der Waals surface area contributed by atoms with E-state index in [1.165, 1.54) is 5.56 Å². The van der Waals surface area contributed by atoms with Gasteiger partial charge in [0.05, 0.1) is 12.9 Å². The molecule has 0 saturated heterocycles. The van der Waals surface area contributed by atoms with Gasteiger partial charge in [-0.1, -0.05) is 35.6 Å². The molecule has 1 unspecified atom stereocenters. The van der Waals surface area contributed by atoms with Crippen LogP contribution < -0.4 is 23.6 Å². The molecule has 0 aromatic heterocycles. The van der Waals surface area contributed by atoms with Gasteiger partial charge in [-0.25, -0.2) is 0 Å². The van der Waals surface area contributed by atoms with E-state index in [9.17, 15) is 4.21 Å². The van der Waals surface area contributed by atoms with E-state index in [4.69, 9.17) is 4.74 Å². The van der Waals surface area contributed by atoms with Gasteiger partial charge in [-0.3, -0.25) is 4.21 Å². The Morgan fingerprint density at radius 2 is 1.58 bits per heavy atom. The second-order valence-corrected chi connectivity index (χ2v) is 5.30. The van der Waals surface area contributed by atoms with Crippen molar-refractivity contribution in [1.82, 2.24) is 0 Å². The van der Waals surface area contributed by atoms with Gasteiger partial charge in [0.2, 0.25) is 0 Å². The largest absolute Gasteiger partial charge is 1.00 e. The number of ether oxygens (including phenoxy) is 1. The summed E-state index contributed by atoms with van der Waals surface area (Å²) >= 11 is 0. The van der Waals surface area contributed by atoms with Crippen LogP contribution in [-0.2, 0) is 10.8 Å². The fourth-order valence-corrected chi connectivity index (χ4v) is 2.49. The van der Waals surface area contributed by atoms with E-state index in [0.717, 1.165) is 16.2 Å². The molecule has 0 saturated carbocycles. The number of aryl methyl sites for hydroxylation is 1. The van der Waals surface area contributed by atoms with Crippen LogP contribution in [0.4, 0.5) is 0 Å². The molecule has 0 aliphatic heterocycles. The number of benzene rings is 2. The molecule has 19 heavy (non-hydrogen) atoms. The van der Waals surface area contributed by atoms with Gasteiger partial charge in [0.1, 0.15) is 0 Å². The van der Waals surface area contributed by atoms with Gasteiger partial charge in [-0.2, -0.15) is 17.7 Å². The van der Waals surface area contributed by atoms with Gasteiger partial charge in [0.15, 0.2) is 0 Å². The Bertz CT molecular complexity index is 535. The average Bonchev–Trinajstić information content (AvgIpc) is 2.40. The van der Waals surface area contributed by atoms with Crippen molar-refractivity contribution in [3.05, 3.63) is 65.4 Å². The summed E-state index contributed by atoms with van der Waals surface area (Å²) in [6.45, 7) is 2.01. The van der Waals surface area contributed by atoms with Crippen molar-refractivity contribution in [1.29, 1.82) is 0 Å². The van der Waals surface area contributed by atoms with E-state index < -0.39 is 10.8 Å². The fraction of sp³-hybridized carbons (Fsp3) is 0.133. The Kier molecular flexibility index (Phi) is 6.24. The third-order valence-corrected chi connectivity index (χ3v) is 3.84. The molecule has 0 heterocycles. The van der Waals surface area contributed by atoms with Crippen molar-refractivity contribution in [2.24, 2.45) is 0 Å². The number of hydrogen-bond acceptors (Lipinski definition) is 2. The van der Waals surface area contributed by atoms with Gasteiger partial charge >= 0.3 is 18.9 Å². The number of methoxy groups -OCH3 is 1. The molecule has 0 N–H and O–H groups in total. The number of hydrogen-bond donors (Lipinski definition) is 0. The first-order chi connectivity index (χ1) is 8.69. The van der Waals surface area contributed by atoms with E-state index in [1.54, 1.807) is 12.9 Å². The van der Waals surface area contributed by atoms with Crippen LogP contribution in [0.25, 0.3) is 0 Å². The quantitative estimate of drug-likeness (QED) is 0.589. The van der Waals surface area contributed by atoms with Crippen LogP contribution in [0.2, 0.25) is 0 Å². The summed E-state index contributed by atoms with van der Waals surface area (Å²) in [4.78, 5) is 0.816. The van der Waals surface area contributed by atoms with E-state index in [2.05, 4.69) is 0 Å². The average molecular weight is 266 g/mol.